The first kappa shape index (κ1) is 15.7. The number of nitrogens with one attached hydrogen (secondary N) is 1. The number of hydrogen-bond acceptors (Lipinski definition) is 6. The molecule has 2 rings (SSSR count). The fourth-order valence-electron chi connectivity index (χ4n) is 2.38. The Bertz CT molecular complexity index is 651. The van der Waals surface area contributed by atoms with Crippen LogP contribution in [-0.4, -0.2) is 30.7 Å². The standard InChI is InChI=1S/C12H18N4O4S/c1-8-6-15(7-9(8)2)21(19,20)12-4-3-10(14-13)5-11(12)16(17)18/h3-5,8-9,14H,6-7,13H2,1-2H3. The number of nitro groups is 1. The van der Waals surface area contributed by atoms with Gasteiger partial charge in [-0.3, -0.25) is 16.0 Å². The minimum Gasteiger partial charge on any atom is -0.324 e. The molecule has 1 aliphatic rings. The fourth-order valence-corrected chi connectivity index (χ4v) is 4.16. The summed E-state index contributed by atoms with van der Waals surface area (Å²) in [5.41, 5.74) is 2.08. The number of nitrogens with zero attached hydrogens (tertiary/aromatic N) is 2. The van der Waals surface area contributed by atoms with Gasteiger partial charge in [0.2, 0.25) is 10.0 Å². The largest absolute Gasteiger partial charge is 0.324 e. The highest BCUT2D eigenvalue weighted by molar-refractivity contribution is 7.89. The molecule has 21 heavy (non-hydrogen) atoms. The molecule has 1 saturated heterocycles. The maximum absolute atomic E-state index is 12.6. The molecule has 116 valence electrons. The van der Waals surface area contributed by atoms with Crippen LogP contribution in [0, 0.1) is 22.0 Å². The van der Waals surface area contributed by atoms with Gasteiger partial charge in [-0.25, -0.2) is 8.42 Å². The molecule has 1 aromatic rings. The van der Waals surface area contributed by atoms with Gasteiger partial charge < -0.3 is 5.43 Å². The van der Waals surface area contributed by atoms with Crippen LogP contribution in [0.4, 0.5) is 11.4 Å². The smallest absolute Gasteiger partial charge is 0.291 e. The molecule has 3 N–H and O–H groups in total. The average molecular weight is 314 g/mol. The Labute approximate surface area is 123 Å². The lowest BCUT2D eigenvalue weighted by Gasteiger charge is -2.16. The first-order valence-corrected chi connectivity index (χ1v) is 7.96. The lowest BCUT2D eigenvalue weighted by molar-refractivity contribution is -0.387. The van der Waals surface area contributed by atoms with E-state index in [4.69, 9.17) is 5.84 Å². The van der Waals surface area contributed by atoms with E-state index in [1.54, 1.807) is 0 Å². The van der Waals surface area contributed by atoms with Crippen LogP contribution in [0.3, 0.4) is 0 Å². The Balaban J connectivity index is 2.48. The van der Waals surface area contributed by atoms with Gasteiger partial charge in [0.15, 0.2) is 4.90 Å². The normalized spacial score (nSPS) is 23.2. The topological polar surface area (TPSA) is 119 Å². The summed E-state index contributed by atoms with van der Waals surface area (Å²) >= 11 is 0. The molecule has 0 saturated carbocycles. The molecule has 0 aromatic heterocycles. The molecule has 0 amide bonds. The third-order valence-corrected chi connectivity index (χ3v) is 5.77. The van der Waals surface area contributed by atoms with Crippen molar-refractivity contribution < 1.29 is 13.3 Å². The van der Waals surface area contributed by atoms with Gasteiger partial charge in [-0.15, -0.1) is 0 Å². The lowest BCUT2D eigenvalue weighted by atomic mass is 10.0. The molecular formula is C12H18N4O4S. The number of nitrogens with two attached hydrogens (primary N) is 1. The van der Waals surface area contributed by atoms with Crippen LogP contribution in [0.2, 0.25) is 0 Å². The van der Waals surface area contributed by atoms with E-state index in [1.165, 1.54) is 16.4 Å². The van der Waals surface area contributed by atoms with E-state index >= 15 is 0 Å². The van der Waals surface area contributed by atoms with Crippen LogP contribution in [0.15, 0.2) is 23.1 Å². The predicted molar refractivity (Wildman–Crippen MR) is 78.0 cm³/mol. The number of nitrogen functional groups attached to an aromatic ring is 1. The minimum atomic E-state index is -3.88. The third kappa shape index (κ3) is 2.85. The Morgan fingerprint density at radius 1 is 1.33 bits per heavy atom. The summed E-state index contributed by atoms with van der Waals surface area (Å²) in [4.78, 5) is 10.1. The quantitative estimate of drug-likeness (QED) is 0.489. The van der Waals surface area contributed by atoms with Gasteiger partial charge in [-0.05, 0) is 24.0 Å². The van der Waals surface area contributed by atoms with Crippen molar-refractivity contribution in [2.45, 2.75) is 18.7 Å². The second-order valence-corrected chi connectivity index (χ2v) is 7.27. The van der Waals surface area contributed by atoms with Crippen molar-refractivity contribution in [3.05, 3.63) is 28.3 Å². The molecule has 1 aromatic carbocycles. The second kappa shape index (κ2) is 5.58. The molecule has 0 radical (unpaired) electrons. The number of hydrogen-bond donors (Lipinski definition) is 2. The molecule has 9 heteroatoms. The first-order valence-electron chi connectivity index (χ1n) is 6.52. The summed E-state index contributed by atoms with van der Waals surface area (Å²) in [6.07, 6.45) is 0. The van der Waals surface area contributed by atoms with Gasteiger partial charge >= 0.3 is 0 Å². The van der Waals surface area contributed by atoms with E-state index < -0.39 is 20.6 Å². The highest BCUT2D eigenvalue weighted by Gasteiger charge is 2.38. The SMILES string of the molecule is CC1CN(S(=O)(=O)c2ccc(NN)cc2[N+](=O)[O-])CC1C. The average Bonchev–Trinajstić information content (AvgIpc) is 2.78. The summed E-state index contributed by atoms with van der Waals surface area (Å²) in [5.74, 6) is 5.66. The molecule has 2 unspecified atom stereocenters. The Morgan fingerprint density at radius 2 is 1.90 bits per heavy atom. The van der Waals surface area contributed by atoms with Crippen molar-refractivity contribution in [1.29, 1.82) is 0 Å². The lowest BCUT2D eigenvalue weighted by Crippen LogP contribution is -2.29. The summed E-state index contributed by atoms with van der Waals surface area (Å²) in [5, 5.41) is 11.1. The zero-order valence-electron chi connectivity index (χ0n) is 11.8. The molecule has 1 aliphatic heterocycles. The van der Waals surface area contributed by atoms with E-state index in [2.05, 4.69) is 5.43 Å². The second-order valence-electron chi connectivity index (χ2n) is 5.36. The molecule has 0 spiro atoms. The van der Waals surface area contributed by atoms with Crippen LogP contribution in [0.1, 0.15) is 13.8 Å². The van der Waals surface area contributed by atoms with Crippen molar-refractivity contribution in [2.24, 2.45) is 17.7 Å². The van der Waals surface area contributed by atoms with Crippen molar-refractivity contribution in [2.75, 3.05) is 18.5 Å². The van der Waals surface area contributed by atoms with Crippen LogP contribution in [0.25, 0.3) is 0 Å². The number of nitro benzene ring substituents is 1. The highest BCUT2D eigenvalue weighted by Crippen LogP contribution is 2.33. The maximum Gasteiger partial charge on any atom is 0.291 e. The molecular weight excluding hydrogens is 296 g/mol. The number of sulfonamides is 1. The maximum atomic E-state index is 12.6. The zero-order valence-corrected chi connectivity index (χ0v) is 12.6. The van der Waals surface area contributed by atoms with Gasteiger partial charge in [-0.2, -0.15) is 4.31 Å². The summed E-state index contributed by atoms with van der Waals surface area (Å²) in [6.45, 7) is 4.68. The fraction of sp³-hybridized carbons (Fsp3) is 0.500. The Morgan fingerprint density at radius 3 is 2.38 bits per heavy atom. The molecule has 8 nitrogen and oxygen atoms in total. The monoisotopic (exact) mass is 314 g/mol. The van der Waals surface area contributed by atoms with Crippen LogP contribution < -0.4 is 11.3 Å². The minimum absolute atomic E-state index is 0.226. The summed E-state index contributed by atoms with van der Waals surface area (Å²) < 4.78 is 26.5. The molecule has 1 heterocycles. The number of anilines is 1. The van der Waals surface area contributed by atoms with Gasteiger partial charge in [0, 0.05) is 19.2 Å². The van der Waals surface area contributed by atoms with Gasteiger partial charge in [0.05, 0.1) is 10.6 Å². The Kier molecular flexibility index (Phi) is 4.17. The highest BCUT2D eigenvalue weighted by atomic mass is 32.2. The van der Waals surface area contributed by atoms with Crippen molar-refractivity contribution in [3.63, 3.8) is 0 Å². The van der Waals surface area contributed by atoms with Crippen molar-refractivity contribution in [3.8, 4) is 0 Å². The van der Waals surface area contributed by atoms with E-state index in [0.717, 1.165) is 6.07 Å². The van der Waals surface area contributed by atoms with Crippen LogP contribution in [0.5, 0.6) is 0 Å². The van der Waals surface area contributed by atoms with E-state index in [-0.39, 0.29) is 22.4 Å². The Hall–Kier alpha value is -1.71. The van der Waals surface area contributed by atoms with E-state index in [1.807, 2.05) is 13.8 Å². The number of rotatable bonds is 4. The van der Waals surface area contributed by atoms with Crippen LogP contribution >= 0.6 is 0 Å². The zero-order chi connectivity index (χ0) is 15.8. The third-order valence-electron chi connectivity index (χ3n) is 3.89. The van der Waals surface area contributed by atoms with E-state index in [0.29, 0.717) is 13.1 Å². The molecule has 0 bridgehead atoms. The van der Waals surface area contributed by atoms with Crippen molar-refractivity contribution >= 4 is 21.4 Å². The van der Waals surface area contributed by atoms with Gasteiger partial charge in [0.25, 0.3) is 5.69 Å². The number of benzene rings is 1. The molecule has 0 aliphatic carbocycles. The summed E-state index contributed by atoms with van der Waals surface area (Å²) in [7, 11) is -3.88. The molecule has 1 fully saturated rings. The first-order chi connectivity index (χ1) is 9.77. The predicted octanol–water partition coefficient (Wildman–Crippen LogP) is 1.16. The summed E-state index contributed by atoms with van der Waals surface area (Å²) in [6, 6.07) is 3.74. The van der Waals surface area contributed by atoms with Gasteiger partial charge in [-0.1, -0.05) is 13.8 Å². The molecule has 2 atom stereocenters. The number of hydrazine groups is 1. The van der Waals surface area contributed by atoms with E-state index in [9.17, 15) is 18.5 Å². The van der Waals surface area contributed by atoms with Gasteiger partial charge in [0.1, 0.15) is 0 Å². The van der Waals surface area contributed by atoms with Crippen LogP contribution in [-0.2, 0) is 10.0 Å². The van der Waals surface area contributed by atoms with Crippen molar-refractivity contribution in [1.82, 2.24) is 4.31 Å².